The molecule has 5 rings (SSSR count). The van der Waals surface area contributed by atoms with Crippen LogP contribution in [-0.2, 0) is 0 Å². The monoisotopic (exact) mass is 452 g/mol. The Morgan fingerprint density at radius 1 is 0.853 bits per heavy atom. The van der Waals surface area contributed by atoms with Crippen LogP contribution in [0.25, 0.3) is 16.5 Å². The van der Waals surface area contributed by atoms with Crippen molar-refractivity contribution < 1.29 is 9.59 Å². The standard InChI is InChI=1S/C27H24N4O3/c1-18-20(26(33)30-16-7-8-17-30)14-9-15-23(18)28-25(32)24-21-12-5-6-13-22(21)27(34)31(29-24)19-10-3-2-4-11-19/h2-6,9-15H,7-8,16-17H2,1H3,(H,28,32). The van der Waals surface area contributed by atoms with E-state index < -0.39 is 5.91 Å². The molecule has 0 radical (unpaired) electrons. The molecule has 1 aliphatic heterocycles. The van der Waals surface area contributed by atoms with E-state index in [-0.39, 0.29) is 17.2 Å². The Bertz CT molecular complexity index is 1450. The lowest BCUT2D eigenvalue weighted by molar-refractivity contribution is 0.0791. The lowest BCUT2D eigenvalue weighted by Crippen LogP contribution is -2.29. The first-order chi connectivity index (χ1) is 16.5. The molecule has 1 aromatic heterocycles. The Balaban J connectivity index is 1.55. The van der Waals surface area contributed by atoms with Gasteiger partial charge in [-0.25, -0.2) is 0 Å². The van der Waals surface area contributed by atoms with E-state index in [1.165, 1.54) is 4.68 Å². The molecule has 0 saturated carbocycles. The van der Waals surface area contributed by atoms with E-state index in [0.29, 0.717) is 33.3 Å². The molecule has 170 valence electrons. The van der Waals surface area contributed by atoms with E-state index in [2.05, 4.69) is 10.4 Å². The number of likely N-dealkylation sites (tertiary alicyclic amines) is 1. The summed E-state index contributed by atoms with van der Waals surface area (Å²) in [7, 11) is 0. The molecule has 2 heterocycles. The van der Waals surface area contributed by atoms with Gasteiger partial charge in [-0.2, -0.15) is 9.78 Å². The highest BCUT2D eigenvalue weighted by Crippen LogP contribution is 2.24. The van der Waals surface area contributed by atoms with Crippen LogP contribution >= 0.6 is 0 Å². The van der Waals surface area contributed by atoms with E-state index in [1.807, 2.05) is 30.0 Å². The maximum Gasteiger partial charge on any atom is 0.279 e. The van der Waals surface area contributed by atoms with Gasteiger partial charge in [0.2, 0.25) is 0 Å². The van der Waals surface area contributed by atoms with Gasteiger partial charge in [-0.3, -0.25) is 14.4 Å². The number of hydrogen-bond donors (Lipinski definition) is 1. The van der Waals surface area contributed by atoms with Gasteiger partial charge in [0, 0.05) is 29.7 Å². The van der Waals surface area contributed by atoms with Crippen molar-refractivity contribution in [2.75, 3.05) is 18.4 Å². The lowest BCUT2D eigenvalue weighted by Gasteiger charge is -2.18. The Kier molecular flexibility index (Phi) is 5.67. The highest BCUT2D eigenvalue weighted by molar-refractivity contribution is 6.12. The van der Waals surface area contributed by atoms with Gasteiger partial charge >= 0.3 is 0 Å². The predicted molar refractivity (Wildman–Crippen MR) is 132 cm³/mol. The van der Waals surface area contributed by atoms with Crippen LogP contribution in [0.3, 0.4) is 0 Å². The molecule has 1 fully saturated rings. The van der Waals surface area contributed by atoms with E-state index in [0.717, 1.165) is 25.9 Å². The quantitative estimate of drug-likeness (QED) is 0.503. The number of carbonyl (C=O) groups excluding carboxylic acids is 2. The van der Waals surface area contributed by atoms with Gasteiger partial charge < -0.3 is 10.2 Å². The van der Waals surface area contributed by atoms with Crippen molar-refractivity contribution in [1.82, 2.24) is 14.7 Å². The molecule has 2 amide bonds. The second-order valence-corrected chi connectivity index (χ2v) is 8.38. The molecule has 0 atom stereocenters. The normalized spacial score (nSPS) is 13.3. The van der Waals surface area contributed by atoms with Crippen molar-refractivity contribution in [2.24, 2.45) is 0 Å². The third-order valence-electron chi connectivity index (χ3n) is 6.23. The summed E-state index contributed by atoms with van der Waals surface area (Å²) in [4.78, 5) is 41.3. The van der Waals surface area contributed by atoms with Gasteiger partial charge in [0.1, 0.15) is 0 Å². The van der Waals surface area contributed by atoms with E-state index in [4.69, 9.17) is 0 Å². The Morgan fingerprint density at radius 3 is 2.26 bits per heavy atom. The molecule has 0 spiro atoms. The zero-order chi connectivity index (χ0) is 23.7. The van der Waals surface area contributed by atoms with E-state index in [1.54, 1.807) is 54.6 Å². The number of anilines is 1. The van der Waals surface area contributed by atoms with E-state index in [9.17, 15) is 14.4 Å². The smallest absolute Gasteiger partial charge is 0.279 e. The molecule has 7 nitrogen and oxygen atoms in total. The van der Waals surface area contributed by atoms with Gasteiger partial charge in [0.15, 0.2) is 5.69 Å². The second-order valence-electron chi connectivity index (χ2n) is 8.38. The van der Waals surface area contributed by atoms with Crippen LogP contribution in [0.4, 0.5) is 5.69 Å². The summed E-state index contributed by atoms with van der Waals surface area (Å²) in [6, 6.07) is 21.3. The Labute approximate surface area is 196 Å². The molecule has 4 aromatic rings. The SMILES string of the molecule is Cc1c(NC(=O)c2nn(-c3ccccc3)c(=O)c3ccccc23)cccc1C(=O)N1CCCC1. The number of fused-ring (bicyclic) bond motifs is 1. The lowest BCUT2D eigenvalue weighted by atomic mass is 10.0. The van der Waals surface area contributed by atoms with Crippen molar-refractivity contribution >= 4 is 28.3 Å². The average Bonchev–Trinajstić information content (AvgIpc) is 3.41. The second kappa shape index (κ2) is 8.94. The van der Waals surface area contributed by atoms with Crippen molar-refractivity contribution in [3.63, 3.8) is 0 Å². The van der Waals surface area contributed by atoms with Gasteiger partial charge in [0.05, 0.1) is 11.1 Å². The minimum atomic E-state index is -0.449. The van der Waals surface area contributed by atoms with Crippen molar-refractivity contribution in [3.8, 4) is 5.69 Å². The third-order valence-corrected chi connectivity index (χ3v) is 6.23. The van der Waals surface area contributed by atoms with Crippen LogP contribution in [-0.4, -0.2) is 39.6 Å². The summed E-state index contributed by atoms with van der Waals surface area (Å²) in [6.45, 7) is 3.34. The molecule has 0 bridgehead atoms. The number of benzene rings is 3. The number of amides is 2. The van der Waals surface area contributed by atoms with Crippen LogP contribution < -0.4 is 10.9 Å². The van der Waals surface area contributed by atoms with E-state index >= 15 is 0 Å². The molecule has 1 aliphatic rings. The minimum absolute atomic E-state index is 0.0210. The highest BCUT2D eigenvalue weighted by Gasteiger charge is 2.23. The molecule has 1 N–H and O–H groups in total. The predicted octanol–water partition coefficient (Wildman–Crippen LogP) is 4.18. The summed E-state index contributed by atoms with van der Waals surface area (Å²) >= 11 is 0. The molecule has 7 heteroatoms. The zero-order valence-corrected chi connectivity index (χ0v) is 18.8. The fourth-order valence-electron chi connectivity index (χ4n) is 4.38. The number of aromatic nitrogens is 2. The number of nitrogens with one attached hydrogen (secondary N) is 1. The largest absolute Gasteiger partial charge is 0.339 e. The zero-order valence-electron chi connectivity index (χ0n) is 18.8. The molecular formula is C27H24N4O3. The third kappa shape index (κ3) is 3.85. The van der Waals surface area contributed by atoms with Crippen molar-refractivity contribution in [2.45, 2.75) is 19.8 Å². The van der Waals surface area contributed by atoms with Crippen LogP contribution in [0.5, 0.6) is 0 Å². The molecule has 0 aliphatic carbocycles. The van der Waals surface area contributed by atoms with Crippen LogP contribution in [0.2, 0.25) is 0 Å². The number of rotatable bonds is 4. The number of hydrogen-bond acceptors (Lipinski definition) is 4. The van der Waals surface area contributed by atoms with Crippen molar-refractivity contribution in [3.05, 3.63) is 100.0 Å². The van der Waals surface area contributed by atoms with Gasteiger partial charge in [-0.05, 0) is 55.7 Å². The summed E-state index contributed by atoms with van der Waals surface area (Å²) in [5, 5.41) is 8.22. The first-order valence-corrected chi connectivity index (χ1v) is 11.3. The summed E-state index contributed by atoms with van der Waals surface area (Å²) in [5.41, 5.74) is 2.22. The number of carbonyl (C=O) groups is 2. The van der Waals surface area contributed by atoms with Crippen molar-refractivity contribution in [1.29, 1.82) is 0 Å². The molecule has 1 saturated heterocycles. The molecule has 0 unspecified atom stereocenters. The number of nitrogens with zero attached hydrogens (tertiary/aromatic N) is 3. The minimum Gasteiger partial charge on any atom is -0.339 e. The first-order valence-electron chi connectivity index (χ1n) is 11.3. The summed E-state index contributed by atoms with van der Waals surface area (Å²) < 4.78 is 1.25. The van der Waals surface area contributed by atoms with Gasteiger partial charge in [-0.1, -0.05) is 42.5 Å². The fourth-order valence-corrected chi connectivity index (χ4v) is 4.38. The Morgan fingerprint density at radius 2 is 1.53 bits per heavy atom. The summed E-state index contributed by atoms with van der Waals surface area (Å²) in [5.74, 6) is -0.470. The summed E-state index contributed by atoms with van der Waals surface area (Å²) in [6.07, 6.45) is 2.02. The van der Waals surface area contributed by atoms with Crippen LogP contribution in [0, 0.1) is 6.92 Å². The van der Waals surface area contributed by atoms with Crippen LogP contribution in [0.15, 0.2) is 77.6 Å². The molecule has 34 heavy (non-hydrogen) atoms. The maximum absolute atomic E-state index is 13.4. The molecule has 3 aromatic carbocycles. The number of para-hydroxylation sites is 1. The highest BCUT2D eigenvalue weighted by atomic mass is 16.2. The van der Waals surface area contributed by atoms with Crippen LogP contribution in [0.1, 0.15) is 39.3 Å². The Hall–Kier alpha value is -4.26. The molecular weight excluding hydrogens is 428 g/mol. The first kappa shape index (κ1) is 21.6. The van der Waals surface area contributed by atoms with Gasteiger partial charge in [0.25, 0.3) is 17.4 Å². The van der Waals surface area contributed by atoms with Gasteiger partial charge in [-0.15, -0.1) is 0 Å². The maximum atomic E-state index is 13.4. The average molecular weight is 453 g/mol. The topological polar surface area (TPSA) is 84.3 Å². The fraction of sp³-hybridized carbons (Fsp3) is 0.185.